The average Bonchev–Trinajstić information content (AvgIpc) is 2.71. The van der Waals surface area contributed by atoms with Gasteiger partial charge in [0.1, 0.15) is 0 Å². The fourth-order valence-corrected chi connectivity index (χ4v) is 3.48. The Bertz CT molecular complexity index is 433. The molecule has 116 valence electrons. The van der Waals surface area contributed by atoms with Crippen LogP contribution in [0.15, 0.2) is 6.07 Å². The van der Waals surface area contributed by atoms with Crippen LogP contribution in [-0.4, -0.2) is 12.5 Å². The van der Waals surface area contributed by atoms with Gasteiger partial charge in [0.25, 0.3) is 0 Å². The van der Waals surface area contributed by atoms with Crippen LogP contribution in [0.4, 0.5) is 0 Å². The fraction of sp³-hybridized carbons (Fsp3) is 0.667. The molecule has 3 N–H and O–H groups in total. The zero-order chi connectivity index (χ0) is 14.6. The lowest BCUT2D eigenvalue weighted by molar-refractivity contribution is -0.131. The minimum atomic E-state index is -0.423. The summed E-state index contributed by atoms with van der Waals surface area (Å²) in [5, 5.41) is 3.13. The van der Waals surface area contributed by atoms with E-state index < -0.39 is 5.41 Å². The largest absolute Gasteiger partial charge is 0.349 e. The van der Waals surface area contributed by atoms with E-state index in [0.717, 1.165) is 12.8 Å². The monoisotopic (exact) mass is 318 g/mol. The van der Waals surface area contributed by atoms with E-state index in [1.54, 1.807) is 11.3 Å². The summed E-state index contributed by atoms with van der Waals surface area (Å²) in [5.74, 6) is 0.0794. The summed E-state index contributed by atoms with van der Waals surface area (Å²) in [6.07, 6.45) is 1.56. The van der Waals surface area contributed by atoms with Crippen molar-refractivity contribution in [3.63, 3.8) is 0 Å². The molecule has 0 saturated heterocycles. The van der Waals surface area contributed by atoms with Crippen molar-refractivity contribution >= 4 is 29.7 Å². The molecule has 3 nitrogen and oxygen atoms in total. The maximum absolute atomic E-state index is 12.5. The van der Waals surface area contributed by atoms with E-state index in [1.165, 1.54) is 15.3 Å². The van der Waals surface area contributed by atoms with Gasteiger partial charge in [0.2, 0.25) is 5.91 Å². The van der Waals surface area contributed by atoms with Crippen LogP contribution in [0.5, 0.6) is 0 Å². The Kier molecular flexibility index (Phi) is 7.78. The van der Waals surface area contributed by atoms with Crippen LogP contribution in [0.1, 0.15) is 55.0 Å². The first-order valence-electron chi connectivity index (χ1n) is 6.98. The van der Waals surface area contributed by atoms with Gasteiger partial charge in [-0.1, -0.05) is 13.8 Å². The highest BCUT2D eigenvalue weighted by molar-refractivity contribution is 7.12. The molecule has 1 aromatic rings. The molecule has 0 spiro atoms. The van der Waals surface area contributed by atoms with Crippen molar-refractivity contribution in [2.75, 3.05) is 6.54 Å². The van der Waals surface area contributed by atoms with Gasteiger partial charge >= 0.3 is 0 Å². The molecule has 1 amide bonds. The zero-order valence-electron chi connectivity index (χ0n) is 13.1. The molecule has 1 rings (SSSR count). The molecule has 0 aromatic carbocycles. The first-order valence-corrected chi connectivity index (χ1v) is 7.79. The van der Waals surface area contributed by atoms with E-state index >= 15 is 0 Å². The van der Waals surface area contributed by atoms with Gasteiger partial charge in [-0.05, 0) is 45.2 Å². The van der Waals surface area contributed by atoms with Crippen LogP contribution in [0, 0.1) is 19.3 Å². The van der Waals surface area contributed by atoms with Gasteiger partial charge in [-0.2, -0.15) is 0 Å². The number of hydrogen-bond donors (Lipinski definition) is 2. The normalized spacial score (nSPS) is 12.7. The Labute approximate surface area is 132 Å². The summed E-state index contributed by atoms with van der Waals surface area (Å²) >= 11 is 1.77. The van der Waals surface area contributed by atoms with Crippen molar-refractivity contribution in [1.29, 1.82) is 0 Å². The first kappa shape index (κ1) is 19.4. The summed E-state index contributed by atoms with van der Waals surface area (Å²) in [4.78, 5) is 15.0. The smallest absolute Gasteiger partial charge is 0.227 e. The van der Waals surface area contributed by atoms with Gasteiger partial charge in [0.05, 0.1) is 11.5 Å². The van der Waals surface area contributed by atoms with Crippen molar-refractivity contribution < 1.29 is 4.79 Å². The van der Waals surface area contributed by atoms with Gasteiger partial charge in [-0.25, -0.2) is 0 Å². The van der Waals surface area contributed by atoms with Gasteiger partial charge < -0.3 is 11.1 Å². The second kappa shape index (κ2) is 8.01. The summed E-state index contributed by atoms with van der Waals surface area (Å²) in [6.45, 7) is 10.7. The molecule has 1 unspecified atom stereocenters. The van der Waals surface area contributed by atoms with E-state index in [1.807, 2.05) is 20.8 Å². The van der Waals surface area contributed by atoms with Crippen LogP contribution in [0.25, 0.3) is 0 Å². The molecular formula is C15H27ClN2OS. The van der Waals surface area contributed by atoms with E-state index in [9.17, 15) is 4.79 Å². The third kappa shape index (κ3) is 3.96. The number of halogens is 1. The minimum Gasteiger partial charge on any atom is -0.349 e. The Morgan fingerprint density at radius 1 is 1.40 bits per heavy atom. The average molecular weight is 319 g/mol. The molecule has 5 heteroatoms. The van der Waals surface area contributed by atoms with Crippen LogP contribution in [-0.2, 0) is 4.79 Å². The highest BCUT2D eigenvalue weighted by Gasteiger charge is 2.34. The number of amides is 1. The SMILES string of the molecule is CCC(CC)(CN)C(=O)NC(C)c1cc(C)sc1C.Cl. The lowest BCUT2D eigenvalue weighted by Gasteiger charge is -2.30. The van der Waals surface area contributed by atoms with Crippen molar-refractivity contribution in [3.05, 3.63) is 21.4 Å². The summed E-state index contributed by atoms with van der Waals surface area (Å²) in [7, 11) is 0. The minimum absolute atomic E-state index is 0. The molecule has 0 aliphatic rings. The number of hydrogen-bond acceptors (Lipinski definition) is 3. The van der Waals surface area contributed by atoms with Gasteiger partial charge in [0, 0.05) is 16.3 Å². The predicted octanol–water partition coefficient (Wildman–Crippen LogP) is 3.73. The summed E-state index contributed by atoms with van der Waals surface area (Å²) in [5.41, 5.74) is 6.61. The van der Waals surface area contributed by atoms with Gasteiger partial charge in [0.15, 0.2) is 0 Å². The highest BCUT2D eigenvalue weighted by atomic mass is 35.5. The van der Waals surface area contributed by atoms with E-state index in [4.69, 9.17) is 5.73 Å². The maximum atomic E-state index is 12.5. The Hall–Kier alpha value is -0.580. The van der Waals surface area contributed by atoms with Crippen molar-refractivity contribution in [1.82, 2.24) is 5.32 Å². The molecule has 1 heterocycles. The summed E-state index contributed by atoms with van der Waals surface area (Å²) in [6, 6.07) is 2.20. The van der Waals surface area contributed by atoms with Gasteiger partial charge in [-0.3, -0.25) is 4.79 Å². The standard InChI is InChI=1S/C15H26N2OS.ClH/c1-6-15(7-2,9-16)14(18)17-11(4)13-8-10(3)19-12(13)5;/h8,11H,6-7,9,16H2,1-5H3,(H,17,18);1H. The topological polar surface area (TPSA) is 55.1 Å². The van der Waals surface area contributed by atoms with E-state index in [-0.39, 0.29) is 24.4 Å². The quantitative estimate of drug-likeness (QED) is 0.839. The zero-order valence-corrected chi connectivity index (χ0v) is 14.7. The predicted molar refractivity (Wildman–Crippen MR) is 89.7 cm³/mol. The molecule has 0 saturated carbocycles. The molecule has 1 aromatic heterocycles. The lowest BCUT2D eigenvalue weighted by atomic mass is 9.81. The Morgan fingerprint density at radius 3 is 2.30 bits per heavy atom. The number of aryl methyl sites for hydroxylation is 2. The van der Waals surface area contributed by atoms with Crippen LogP contribution in [0.2, 0.25) is 0 Å². The second-order valence-electron chi connectivity index (χ2n) is 5.26. The van der Waals surface area contributed by atoms with Crippen molar-refractivity contribution in [3.8, 4) is 0 Å². The Balaban J connectivity index is 0.00000361. The summed E-state index contributed by atoms with van der Waals surface area (Å²) < 4.78 is 0. The maximum Gasteiger partial charge on any atom is 0.227 e. The molecular weight excluding hydrogens is 292 g/mol. The van der Waals surface area contributed by atoms with Crippen LogP contribution in [0.3, 0.4) is 0 Å². The number of nitrogens with two attached hydrogens (primary N) is 1. The van der Waals surface area contributed by atoms with Crippen LogP contribution < -0.4 is 11.1 Å². The molecule has 0 bridgehead atoms. The fourth-order valence-electron chi connectivity index (χ4n) is 2.46. The van der Waals surface area contributed by atoms with Gasteiger partial charge in [-0.15, -0.1) is 23.7 Å². The van der Waals surface area contributed by atoms with Crippen LogP contribution >= 0.6 is 23.7 Å². The van der Waals surface area contributed by atoms with Crippen molar-refractivity contribution in [2.45, 2.75) is 53.5 Å². The number of carbonyl (C=O) groups is 1. The third-order valence-corrected chi connectivity index (χ3v) is 5.10. The first-order chi connectivity index (χ1) is 8.90. The van der Waals surface area contributed by atoms with E-state index in [0.29, 0.717) is 6.54 Å². The lowest BCUT2D eigenvalue weighted by Crippen LogP contribution is -2.46. The number of thiophene rings is 1. The molecule has 1 atom stereocenters. The number of rotatable bonds is 6. The molecule has 20 heavy (non-hydrogen) atoms. The highest BCUT2D eigenvalue weighted by Crippen LogP contribution is 2.29. The molecule has 0 fully saturated rings. The Morgan fingerprint density at radius 2 is 1.95 bits per heavy atom. The molecule has 0 radical (unpaired) electrons. The van der Waals surface area contributed by atoms with E-state index in [2.05, 4.69) is 25.2 Å². The second-order valence-corrected chi connectivity index (χ2v) is 6.72. The number of nitrogens with one attached hydrogen (secondary N) is 1. The third-order valence-electron chi connectivity index (χ3n) is 4.12. The van der Waals surface area contributed by atoms with Crippen molar-refractivity contribution in [2.24, 2.45) is 11.1 Å². The molecule has 0 aliphatic heterocycles. The number of carbonyl (C=O) groups excluding carboxylic acids is 1. The molecule has 0 aliphatic carbocycles.